The van der Waals surface area contributed by atoms with Crippen LogP contribution in [0.25, 0.3) is 0 Å². The van der Waals surface area contributed by atoms with Gasteiger partial charge in [0.25, 0.3) is 0 Å². The summed E-state index contributed by atoms with van der Waals surface area (Å²) in [7, 11) is -3.58. The molecular weight excluding hydrogens is 270 g/mol. The summed E-state index contributed by atoms with van der Waals surface area (Å²) in [4.78, 5) is 24.8. The van der Waals surface area contributed by atoms with Gasteiger partial charge in [-0.25, -0.2) is 8.42 Å². The molecule has 1 fully saturated rings. The highest BCUT2D eigenvalue weighted by atomic mass is 32.2. The van der Waals surface area contributed by atoms with Gasteiger partial charge >= 0.3 is 0 Å². The Kier molecular flexibility index (Phi) is 4.57. The second kappa shape index (κ2) is 5.46. The number of carbonyl (C=O) groups is 2. The number of hydrogen-bond acceptors (Lipinski definition) is 5. The Morgan fingerprint density at radius 3 is 2.37 bits per heavy atom. The minimum absolute atomic E-state index is 0.193. The van der Waals surface area contributed by atoms with Gasteiger partial charge in [-0.3, -0.25) is 9.59 Å². The van der Waals surface area contributed by atoms with Gasteiger partial charge in [-0.1, -0.05) is 0 Å². The van der Waals surface area contributed by atoms with Gasteiger partial charge in [0.15, 0.2) is 9.84 Å². The fourth-order valence-electron chi connectivity index (χ4n) is 1.94. The van der Waals surface area contributed by atoms with Crippen molar-refractivity contribution in [1.82, 2.24) is 10.2 Å². The standard InChI is InChI=1S/C11H21N3O4S/c1-11(2,19(3,17)18)10(16)14(7-9(12)15)8-4-5-13-6-8/h8,13H,4-7H2,1-3H3,(H2,12,15). The van der Waals surface area contributed by atoms with E-state index in [0.29, 0.717) is 13.0 Å². The first-order valence-electron chi connectivity index (χ1n) is 6.07. The number of sulfone groups is 1. The summed E-state index contributed by atoms with van der Waals surface area (Å²) in [6.45, 7) is 3.71. The fraction of sp³-hybridized carbons (Fsp3) is 0.818. The number of amides is 2. The molecule has 0 aromatic carbocycles. The first-order valence-corrected chi connectivity index (χ1v) is 7.96. The average molecular weight is 291 g/mol. The van der Waals surface area contributed by atoms with Crippen molar-refractivity contribution >= 4 is 21.7 Å². The van der Waals surface area contributed by atoms with Crippen LogP contribution < -0.4 is 11.1 Å². The Bertz CT molecular complexity index is 466. The first-order chi connectivity index (χ1) is 8.57. The summed E-state index contributed by atoms with van der Waals surface area (Å²) in [5, 5.41) is 3.08. The van der Waals surface area contributed by atoms with Crippen LogP contribution in [0.3, 0.4) is 0 Å². The third-order valence-corrected chi connectivity index (χ3v) is 5.53. The lowest BCUT2D eigenvalue weighted by Gasteiger charge is -2.33. The molecule has 1 rings (SSSR count). The van der Waals surface area contributed by atoms with Crippen molar-refractivity contribution in [2.24, 2.45) is 5.73 Å². The maximum absolute atomic E-state index is 12.4. The number of hydrogen-bond donors (Lipinski definition) is 2. The van der Waals surface area contributed by atoms with Gasteiger partial charge in [0.2, 0.25) is 11.8 Å². The van der Waals surface area contributed by atoms with Crippen molar-refractivity contribution in [2.75, 3.05) is 25.9 Å². The molecule has 8 heteroatoms. The van der Waals surface area contributed by atoms with Crippen LogP contribution in [0.4, 0.5) is 0 Å². The molecule has 0 bridgehead atoms. The molecule has 2 amide bonds. The van der Waals surface area contributed by atoms with Gasteiger partial charge in [-0.15, -0.1) is 0 Å². The summed E-state index contributed by atoms with van der Waals surface area (Å²) in [5.41, 5.74) is 5.15. The highest BCUT2D eigenvalue weighted by Gasteiger charge is 2.43. The van der Waals surface area contributed by atoms with E-state index in [0.717, 1.165) is 12.8 Å². The van der Waals surface area contributed by atoms with Crippen LogP contribution in [0.1, 0.15) is 20.3 Å². The predicted octanol–water partition coefficient (Wildman–Crippen LogP) is -1.51. The highest BCUT2D eigenvalue weighted by Crippen LogP contribution is 2.21. The van der Waals surface area contributed by atoms with Crippen LogP contribution >= 0.6 is 0 Å². The lowest BCUT2D eigenvalue weighted by Crippen LogP contribution is -2.55. The molecule has 1 atom stereocenters. The molecule has 0 aromatic heterocycles. The lowest BCUT2D eigenvalue weighted by atomic mass is 10.1. The summed E-state index contributed by atoms with van der Waals surface area (Å²) in [6.07, 6.45) is 1.69. The molecule has 0 radical (unpaired) electrons. The number of nitrogens with one attached hydrogen (secondary N) is 1. The lowest BCUT2D eigenvalue weighted by molar-refractivity contribution is -0.138. The highest BCUT2D eigenvalue weighted by molar-refractivity contribution is 7.92. The van der Waals surface area contributed by atoms with Crippen LogP contribution in [0.2, 0.25) is 0 Å². The molecule has 1 unspecified atom stereocenters. The Hall–Kier alpha value is -1.15. The maximum Gasteiger partial charge on any atom is 0.244 e. The van der Waals surface area contributed by atoms with Crippen LogP contribution in [0.15, 0.2) is 0 Å². The fourth-order valence-corrected chi connectivity index (χ4v) is 2.38. The number of rotatable bonds is 5. The molecule has 110 valence electrons. The Labute approximate surface area is 113 Å². The van der Waals surface area contributed by atoms with Crippen molar-refractivity contribution in [2.45, 2.75) is 31.1 Å². The zero-order valence-corrected chi connectivity index (χ0v) is 12.3. The SMILES string of the molecule is CC(C)(C(=O)N(CC(N)=O)C1CCNC1)S(C)(=O)=O. The minimum atomic E-state index is -3.58. The minimum Gasteiger partial charge on any atom is -0.368 e. The number of nitrogens with zero attached hydrogens (tertiary/aromatic N) is 1. The quantitative estimate of drug-likeness (QED) is 0.639. The molecule has 1 heterocycles. The Morgan fingerprint density at radius 1 is 1.42 bits per heavy atom. The molecule has 19 heavy (non-hydrogen) atoms. The van der Waals surface area contributed by atoms with Crippen molar-refractivity contribution in [1.29, 1.82) is 0 Å². The third-order valence-electron chi connectivity index (χ3n) is 3.50. The van der Waals surface area contributed by atoms with E-state index >= 15 is 0 Å². The molecule has 1 aliphatic heterocycles. The number of nitrogens with two attached hydrogens (primary N) is 1. The molecule has 0 aliphatic carbocycles. The van der Waals surface area contributed by atoms with Crippen molar-refractivity contribution in [3.8, 4) is 0 Å². The zero-order chi connectivity index (χ0) is 14.8. The molecule has 1 aliphatic rings. The van der Waals surface area contributed by atoms with Crippen molar-refractivity contribution in [3.05, 3.63) is 0 Å². The van der Waals surface area contributed by atoms with Gasteiger partial charge in [0.05, 0.1) is 6.54 Å². The molecule has 0 spiro atoms. The molecule has 0 aromatic rings. The van der Waals surface area contributed by atoms with Crippen LogP contribution in [0, 0.1) is 0 Å². The number of carbonyl (C=O) groups excluding carboxylic acids is 2. The van der Waals surface area contributed by atoms with Gasteiger partial charge in [0, 0.05) is 18.8 Å². The second-order valence-electron chi connectivity index (χ2n) is 5.33. The van der Waals surface area contributed by atoms with E-state index in [2.05, 4.69) is 5.32 Å². The van der Waals surface area contributed by atoms with Crippen LogP contribution in [-0.4, -0.2) is 61.8 Å². The van der Waals surface area contributed by atoms with Gasteiger partial charge in [0.1, 0.15) is 4.75 Å². The van der Waals surface area contributed by atoms with E-state index in [4.69, 9.17) is 5.73 Å². The van der Waals surface area contributed by atoms with E-state index < -0.39 is 26.4 Å². The maximum atomic E-state index is 12.4. The molecule has 0 saturated carbocycles. The molecule has 3 N–H and O–H groups in total. The topological polar surface area (TPSA) is 110 Å². The van der Waals surface area contributed by atoms with E-state index in [1.807, 2.05) is 0 Å². The largest absolute Gasteiger partial charge is 0.368 e. The van der Waals surface area contributed by atoms with Crippen LogP contribution in [0.5, 0.6) is 0 Å². The van der Waals surface area contributed by atoms with Gasteiger partial charge in [-0.2, -0.15) is 0 Å². The Balaban J connectivity index is 3.03. The molecule has 1 saturated heterocycles. The third kappa shape index (κ3) is 3.44. The summed E-state index contributed by atoms with van der Waals surface area (Å²) >= 11 is 0. The first kappa shape index (κ1) is 15.9. The van der Waals surface area contributed by atoms with E-state index in [1.54, 1.807) is 0 Å². The van der Waals surface area contributed by atoms with E-state index in [9.17, 15) is 18.0 Å². The normalized spacial score (nSPS) is 20.3. The van der Waals surface area contributed by atoms with Gasteiger partial charge < -0.3 is 16.0 Å². The van der Waals surface area contributed by atoms with E-state index in [1.165, 1.54) is 18.7 Å². The monoisotopic (exact) mass is 291 g/mol. The van der Waals surface area contributed by atoms with Crippen molar-refractivity contribution in [3.63, 3.8) is 0 Å². The predicted molar refractivity (Wildman–Crippen MR) is 71.1 cm³/mol. The molecular formula is C11H21N3O4S. The smallest absolute Gasteiger partial charge is 0.244 e. The average Bonchev–Trinajstić information content (AvgIpc) is 2.76. The summed E-state index contributed by atoms with van der Waals surface area (Å²) < 4.78 is 21.9. The summed E-state index contributed by atoms with van der Waals surface area (Å²) in [6, 6.07) is -0.193. The van der Waals surface area contributed by atoms with Crippen LogP contribution in [-0.2, 0) is 19.4 Å². The zero-order valence-electron chi connectivity index (χ0n) is 11.5. The van der Waals surface area contributed by atoms with Gasteiger partial charge in [-0.05, 0) is 26.8 Å². The Morgan fingerprint density at radius 2 is 2.00 bits per heavy atom. The van der Waals surface area contributed by atoms with Crippen molar-refractivity contribution < 1.29 is 18.0 Å². The second-order valence-corrected chi connectivity index (χ2v) is 7.89. The molecule has 7 nitrogen and oxygen atoms in total. The summed E-state index contributed by atoms with van der Waals surface area (Å²) in [5.74, 6) is -1.23. The number of primary amides is 1. The van der Waals surface area contributed by atoms with E-state index in [-0.39, 0.29) is 12.6 Å².